The largest absolute Gasteiger partial charge is 0.494 e. The van der Waals surface area contributed by atoms with Crippen molar-refractivity contribution < 1.29 is 13.2 Å². The first kappa shape index (κ1) is 16.4. The first-order valence-corrected chi connectivity index (χ1v) is 8.85. The van der Waals surface area contributed by atoms with E-state index in [0.29, 0.717) is 12.3 Å². The summed E-state index contributed by atoms with van der Waals surface area (Å²) in [6.45, 7) is 6.30. The molecule has 0 radical (unpaired) electrons. The quantitative estimate of drug-likeness (QED) is 0.884. The fourth-order valence-electron chi connectivity index (χ4n) is 2.22. The van der Waals surface area contributed by atoms with Crippen LogP contribution in [0.25, 0.3) is 0 Å². The van der Waals surface area contributed by atoms with Crippen molar-refractivity contribution in [3.05, 3.63) is 59.2 Å². The summed E-state index contributed by atoms with van der Waals surface area (Å²) < 4.78 is 32.7. The lowest BCUT2D eigenvalue weighted by Gasteiger charge is -2.12. The van der Waals surface area contributed by atoms with Crippen LogP contribution in [0.5, 0.6) is 5.75 Å². The molecule has 0 spiro atoms. The van der Waals surface area contributed by atoms with Gasteiger partial charge in [0.1, 0.15) is 5.75 Å². The molecule has 0 heterocycles. The van der Waals surface area contributed by atoms with Crippen molar-refractivity contribution in [1.82, 2.24) is 0 Å². The Morgan fingerprint density at radius 3 is 2.41 bits per heavy atom. The van der Waals surface area contributed by atoms with E-state index in [1.165, 1.54) is 0 Å². The van der Waals surface area contributed by atoms with Gasteiger partial charge in [0.25, 0.3) is 0 Å². The van der Waals surface area contributed by atoms with E-state index in [4.69, 9.17) is 4.74 Å². The molecule has 5 heteroatoms. The second-order valence-corrected chi connectivity index (χ2v) is 6.92. The third kappa shape index (κ3) is 4.24. The smallest absolute Gasteiger partial charge is 0.236 e. The molecule has 0 atom stereocenters. The first-order valence-electron chi connectivity index (χ1n) is 7.19. The van der Waals surface area contributed by atoms with Gasteiger partial charge in [-0.1, -0.05) is 24.3 Å². The number of nitrogens with one attached hydrogen (secondary N) is 1. The molecule has 2 rings (SSSR count). The van der Waals surface area contributed by atoms with E-state index in [1.807, 2.05) is 45.0 Å². The summed E-state index contributed by atoms with van der Waals surface area (Å²) in [6.07, 6.45) is 0. The molecule has 0 aromatic heterocycles. The predicted molar refractivity (Wildman–Crippen MR) is 89.8 cm³/mol. The van der Waals surface area contributed by atoms with E-state index in [1.54, 1.807) is 18.2 Å². The van der Waals surface area contributed by atoms with Gasteiger partial charge in [0.05, 0.1) is 12.4 Å². The average Bonchev–Trinajstić information content (AvgIpc) is 2.44. The number of rotatable bonds is 6. The molecule has 0 saturated heterocycles. The molecule has 0 unspecified atom stereocenters. The topological polar surface area (TPSA) is 55.4 Å². The Labute approximate surface area is 132 Å². The molecule has 0 saturated carbocycles. The van der Waals surface area contributed by atoms with Crippen LogP contribution < -0.4 is 9.46 Å². The van der Waals surface area contributed by atoms with Crippen molar-refractivity contribution >= 4 is 15.7 Å². The molecule has 2 aromatic carbocycles. The molecular weight excluding hydrogens is 298 g/mol. The highest BCUT2D eigenvalue weighted by atomic mass is 32.2. The lowest BCUT2D eigenvalue weighted by atomic mass is 10.1. The van der Waals surface area contributed by atoms with Crippen LogP contribution in [0.15, 0.2) is 42.5 Å². The highest BCUT2D eigenvalue weighted by molar-refractivity contribution is 7.91. The van der Waals surface area contributed by atoms with Crippen molar-refractivity contribution in [2.75, 3.05) is 11.3 Å². The van der Waals surface area contributed by atoms with E-state index < -0.39 is 10.0 Å². The zero-order valence-corrected chi connectivity index (χ0v) is 13.9. The summed E-state index contributed by atoms with van der Waals surface area (Å²) in [5.41, 5.74) is 3.22. The van der Waals surface area contributed by atoms with Crippen LogP contribution in [0, 0.1) is 13.8 Å². The molecule has 118 valence electrons. The summed E-state index contributed by atoms with van der Waals surface area (Å²) in [7, 11) is -3.44. The Balaban J connectivity index is 2.15. The van der Waals surface area contributed by atoms with E-state index in [2.05, 4.69) is 4.72 Å². The van der Waals surface area contributed by atoms with Gasteiger partial charge < -0.3 is 4.74 Å². The standard InChI is InChI=1S/C17H21NO3S/c1-4-21-17-10-9-16(11-14(17)3)18-22(19,20)12-15-8-6-5-7-13(15)2/h5-11,18H,4,12H2,1-3H3. The minimum Gasteiger partial charge on any atom is -0.494 e. The molecule has 22 heavy (non-hydrogen) atoms. The summed E-state index contributed by atoms with van der Waals surface area (Å²) in [4.78, 5) is 0. The number of sulfonamides is 1. The zero-order chi connectivity index (χ0) is 16.2. The van der Waals surface area contributed by atoms with Crippen LogP contribution in [0.1, 0.15) is 23.6 Å². The first-order chi connectivity index (χ1) is 10.4. The number of hydrogen-bond donors (Lipinski definition) is 1. The van der Waals surface area contributed by atoms with Gasteiger partial charge in [0.2, 0.25) is 10.0 Å². The zero-order valence-electron chi connectivity index (χ0n) is 13.1. The summed E-state index contributed by atoms with van der Waals surface area (Å²) in [5.74, 6) is 0.732. The molecule has 1 N–H and O–H groups in total. The van der Waals surface area contributed by atoms with E-state index in [-0.39, 0.29) is 5.75 Å². The van der Waals surface area contributed by atoms with Crippen LogP contribution in [0.4, 0.5) is 5.69 Å². The Kier molecular flexibility index (Phi) is 5.08. The Bertz CT molecular complexity index is 754. The van der Waals surface area contributed by atoms with Gasteiger partial charge in [0.15, 0.2) is 0 Å². The molecule has 2 aromatic rings. The van der Waals surface area contributed by atoms with E-state index in [9.17, 15) is 8.42 Å². The Hall–Kier alpha value is -2.01. The van der Waals surface area contributed by atoms with Crippen molar-refractivity contribution in [1.29, 1.82) is 0 Å². The van der Waals surface area contributed by atoms with Crippen molar-refractivity contribution in [3.8, 4) is 5.75 Å². The maximum absolute atomic E-state index is 12.3. The third-order valence-corrected chi connectivity index (χ3v) is 4.59. The number of anilines is 1. The minimum absolute atomic E-state index is 0.0358. The van der Waals surface area contributed by atoms with E-state index >= 15 is 0 Å². The molecular formula is C17H21NO3S. The van der Waals surface area contributed by atoms with Crippen LogP contribution in [0.2, 0.25) is 0 Å². The van der Waals surface area contributed by atoms with Gasteiger partial charge >= 0.3 is 0 Å². The summed E-state index contributed by atoms with van der Waals surface area (Å²) in [6, 6.07) is 12.8. The van der Waals surface area contributed by atoms with Crippen LogP contribution in [0.3, 0.4) is 0 Å². The third-order valence-electron chi connectivity index (χ3n) is 3.35. The maximum Gasteiger partial charge on any atom is 0.236 e. The lowest BCUT2D eigenvalue weighted by Crippen LogP contribution is -2.15. The van der Waals surface area contributed by atoms with Gasteiger partial charge in [-0.25, -0.2) is 8.42 Å². The van der Waals surface area contributed by atoms with Crippen LogP contribution in [-0.2, 0) is 15.8 Å². The summed E-state index contributed by atoms with van der Waals surface area (Å²) >= 11 is 0. The van der Waals surface area contributed by atoms with Crippen molar-refractivity contribution in [2.45, 2.75) is 26.5 Å². The lowest BCUT2D eigenvalue weighted by molar-refractivity contribution is 0.338. The van der Waals surface area contributed by atoms with Crippen molar-refractivity contribution in [2.24, 2.45) is 0 Å². The normalized spacial score (nSPS) is 11.2. The molecule has 0 bridgehead atoms. The Morgan fingerprint density at radius 2 is 1.77 bits per heavy atom. The van der Waals surface area contributed by atoms with Gasteiger partial charge in [-0.3, -0.25) is 4.72 Å². The Morgan fingerprint density at radius 1 is 1.05 bits per heavy atom. The molecule has 0 amide bonds. The molecule has 0 aliphatic heterocycles. The van der Waals surface area contributed by atoms with Gasteiger partial charge in [-0.15, -0.1) is 0 Å². The average molecular weight is 319 g/mol. The van der Waals surface area contributed by atoms with E-state index in [0.717, 1.165) is 22.4 Å². The van der Waals surface area contributed by atoms with Gasteiger partial charge in [-0.05, 0) is 55.7 Å². The second-order valence-electron chi connectivity index (χ2n) is 5.20. The molecule has 0 aliphatic rings. The highest BCUT2D eigenvalue weighted by Crippen LogP contribution is 2.23. The fraction of sp³-hybridized carbons (Fsp3) is 0.294. The van der Waals surface area contributed by atoms with Crippen LogP contribution >= 0.6 is 0 Å². The summed E-state index contributed by atoms with van der Waals surface area (Å²) in [5, 5.41) is 0. The molecule has 0 fully saturated rings. The van der Waals surface area contributed by atoms with Gasteiger partial charge in [0, 0.05) is 5.69 Å². The van der Waals surface area contributed by atoms with Crippen molar-refractivity contribution in [3.63, 3.8) is 0 Å². The SMILES string of the molecule is CCOc1ccc(NS(=O)(=O)Cc2ccccc2C)cc1C. The molecule has 0 aliphatic carbocycles. The maximum atomic E-state index is 12.3. The fourth-order valence-corrected chi connectivity index (χ4v) is 3.51. The van der Waals surface area contributed by atoms with Crippen LogP contribution in [-0.4, -0.2) is 15.0 Å². The predicted octanol–water partition coefficient (Wildman–Crippen LogP) is 3.64. The number of hydrogen-bond acceptors (Lipinski definition) is 3. The number of benzene rings is 2. The second kappa shape index (κ2) is 6.83. The monoisotopic (exact) mass is 319 g/mol. The molecule has 4 nitrogen and oxygen atoms in total. The number of ether oxygens (including phenoxy) is 1. The minimum atomic E-state index is -3.44. The van der Waals surface area contributed by atoms with Gasteiger partial charge in [-0.2, -0.15) is 0 Å². The highest BCUT2D eigenvalue weighted by Gasteiger charge is 2.13. The number of aryl methyl sites for hydroxylation is 2.